The molecule has 2 atom stereocenters. The van der Waals surface area contributed by atoms with Gasteiger partial charge in [0, 0.05) is 31.5 Å². The second-order valence-corrected chi connectivity index (χ2v) is 3.49. The molecule has 0 amide bonds. The number of nitrogens with zero attached hydrogens (tertiary/aromatic N) is 1. The predicted octanol–water partition coefficient (Wildman–Crippen LogP) is 0.836. The van der Waals surface area contributed by atoms with E-state index in [9.17, 15) is 4.79 Å². The number of rotatable bonds is 3. The predicted molar refractivity (Wildman–Crippen MR) is 43.3 cm³/mol. The molecule has 1 aliphatic carbocycles. The van der Waals surface area contributed by atoms with Crippen molar-refractivity contribution in [2.24, 2.45) is 5.92 Å². The lowest BCUT2D eigenvalue weighted by molar-refractivity contribution is -0.117. The Balaban J connectivity index is 1.73. The zero-order valence-corrected chi connectivity index (χ0v) is 6.79. The van der Waals surface area contributed by atoms with Crippen LogP contribution in [0.4, 0.5) is 0 Å². The van der Waals surface area contributed by atoms with Crippen LogP contribution in [0.15, 0.2) is 12.2 Å². The zero-order chi connectivity index (χ0) is 7.84. The summed E-state index contributed by atoms with van der Waals surface area (Å²) in [4.78, 5) is 13.0. The molecule has 60 valence electrons. The summed E-state index contributed by atoms with van der Waals surface area (Å²) in [5.74, 6) is 1.12. The topological polar surface area (TPSA) is 20.3 Å². The first kappa shape index (κ1) is 7.04. The van der Waals surface area contributed by atoms with Gasteiger partial charge in [0.25, 0.3) is 0 Å². The van der Waals surface area contributed by atoms with E-state index in [0.717, 1.165) is 18.9 Å². The number of hydrogen-bond acceptors (Lipinski definition) is 2. The summed E-state index contributed by atoms with van der Waals surface area (Å²) in [6, 6.07) is 0.689. The van der Waals surface area contributed by atoms with Crippen LogP contribution in [-0.2, 0) is 4.79 Å². The number of carbonyl (C=O) groups excluding carboxylic acids is 1. The van der Waals surface area contributed by atoms with Gasteiger partial charge in [-0.3, -0.25) is 9.69 Å². The van der Waals surface area contributed by atoms with Crippen molar-refractivity contribution in [1.29, 1.82) is 0 Å². The Bertz CT molecular complexity index is 210. The maximum atomic E-state index is 10.6. The molecule has 0 N–H and O–H groups in total. The van der Waals surface area contributed by atoms with Crippen molar-refractivity contribution in [2.75, 3.05) is 13.1 Å². The Morgan fingerprint density at radius 1 is 1.64 bits per heavy atom. The Morgan fingerprint density at radius 2 is 2.45 bits per heavy atom. The van der Waals surface area contributed by atoms with Crippen molar-refractivity contribution in [3.63, 3.8) is 0 Å². The highest BCUT2D eigenvalue weighted by Crippen LogP contribution is 2.34. The first-order valence-electron chi connectivity index (χ1n) is 4.19. The molecule has 0 bridgehead atoms. The minimum atomic E-state index is 0.303. The minimum Gasteiger partial charge on any atom is -0.300 e. The fourth-order valence-corrected chi connectivity index (χ4v) is 1.72. The molecular weight excluding hydrogens is 138 g/mol. The molecule has 0 saturated carbocycles. The van der Waals surface area contributed by atoms with E-state index in [4.69, 9.17) is 0 Å². The molecule has 0 aromatic carbocycles. The standard InChI is InChI=1S/C9H13NO/c1-7(11)4-5-10-6-8-2-3-9(8)10/h2-3,8-9H,4-6H2,1H3. The summed E-state index contributed by atoms with van der Waals surface area (Å²) in [6.07, 6.45) is 5.21. The van der Waals surface area contributed by atoms with Crippen molar-refractivity contribution >= 4 is 5.78 Å². The number of fused-ring (bicyclic) bond motifs is 1. The lowest BCUT2D eigenvalue weighted by Crippen LogP contribution is -2.58. The number of hydrogen-bond donors (Lipinski definition) is 0. The van der Waals surface area contributed by atoms with E-state index in [1.54, 1.807) is 6.92 Å². The van der Waals surface area contributed by atoms with E-state index in [0.29, 0.717) is 11.8 Å². The first-order chi connectivity index (χ1) is 5.27. The summed E-state index contributed by atoms with van der Waals surface area (Å²) in [7, 11) is 0. The van der Waals surface area contributed by atoms with Crippen molar-refractivity contribution in [3.05, 3.63) is 12.2 Å². The molecular formula is C9H13NO. The second-order valence-electron chi connectivity index (χ2n) is 3.49. The molecule has 1 aliphatic heterocycles. The average Bonchev–Trinajstić information content (AvgIpc) is 1.92. The minimum absolute atomic E-state index is 0.303. The van der Waals surface area contributed by atoms with Crippen LogP contribution >= 0.6 is 0 Å². The highest BCUT2D eigenvalue weighted by molar-refractivity contribution is 5.75. The van der Waals surface area contributed by atoms with E-state index in [-0.39, 0.29) is 0 Å². The summed E-state index contributed by atoms with van der Waals surface area (Å²) >= 11 is 0. The maximum Gasteiger partial charge on any atom is 0.131 e. The molecule has 0 spiro atoms. The SMILES string of the molecule is CC(=O)CCN1CC2C=CC21. The largest absolute Gasteiger partial charge is 0.300 e. The van der Waals surface area contributed by atoms with Crippen molar-refractivity contribution in [1.82, 2.24) is 4.90 Å². The lowest BCUT2D eigenvalue weighted by atomic mass is 9.79. The molecule has 2 aliphatic rings. The van der Waals surface area contributed by atoms with Gasteiger partial charge in [-0.15, -0.1) is 0 Å². The van der Waals surface area contributed by atoms with Gasteiger partial charge in [0.05, 0.1) is 0 Å². The Labute approximate surface area is 66.9 Å². The number of likely N-dealkylation sites (tertiary alicyclic amines) is 1. The molecule has 2 unspecified atom stereocenters. The third-order valence-electron chi connectivity index (χ3n) is 2.61. The fraction of sp³-hybridized carbons (Fsp3) is 0.667. The Kier molecular flexibility index (Phi) is 1.57. The lowest BCUT2D eigenvalue weighted by Gasteiger charge is -2.50. The van der Waals surface area contributed by atoms with Gasteiger partial charge in [0.2, 0.25) is 0 Å². The van der Waals surface area contributed by atoms with Crippen LogP contribution in [0.3, 0.4) is 0 Å². The van der Waals surface area contributed by atoms with Gasteiger partial charge in [-0.05, 0) is 6.92 Å². The van der Waals surface area contributed by atoms with Crippen LogP contribution in [0.5, 0.6) is 0 Å². The van der Waals surface area contributed by atoms with Gasteiger partial charge < -0.3 is 0 Å². The van der Waals surface area contributed by atoms with E-state index in [1.165, 1.54) is 6.54 Å². The molecule has 2 heteroatoms. The molecule has 1 fully saturated rings. The van der Waals surface area contributed by atoms with Crippen LogP contribution < -0.4 is 0 Å². The monoisotopic (exact) mass is 151 g/mol. The summed E-state index contributed by atoms with van der Waals surface area (Å²) in [6.45, 7) is 3.79. The van der Waals surface area contributed by atoms with Crippen molar-refractivity contribution in [2.45, 2.75) is 19.4 Å². The average molecular weight is 151 g/mol. The van der Waals surface area contributed by atoms with Crippen LogP contribution in [0.25, 0.3) is 0 Å². The third-order valence-corrected chi connectivity index (χ3v) is 2.61. The first-order valence-corrected chi connectivity index (χ1v) is 4.19. The van der Waals surface area contributed by atoms with Gasteiger partial charge in [0.15, 0.2) is 0 Å². The van der Waals surface area contributed by atoms with Crippen LogP contribution in [0, 0.1) is 5.92 Å². The number of ketones is 1. The van der Waals surface area contributed by atoms with E-state index < -0.39 is 0 Å². The van der Waals surface area contributed by atoms with Crippen LogP contribution in [0.1, 0.15) is 13.3 Å². The highest BCUT2D eigenvalue weighted by Gasteiger charge is 2.39. The number of Topliss-reactive ketones (excluding diaryl/α,β-unsaturated/α-hetero) is 1. The maximum absolute atomic E-state index is 10.6. The number of carbonyl (C=O) groups is 1. The fourth-order valence-electron chi connectivity index (χ4n) is 1.72. The van der Waals surface area contributed by atoms with Gasteiger partial charge in [0.1, 0.15) is 5.78 Å². The smallest absolute Gasteiger partial charge is 0.131 e. The summed E-state index contributed by atoms with van der Waals surface area (Å²) in [5, 5.41) is 0. The quantitative estimate of drug-likeness (QED) is 0.557. The summed E-state index contributed by atoms with van der Waals surface area (Å²) < 4.78 is 0. The third kappa shape index (κ3) is 1.11. The van der Waals surface area contributed by atoms with Gasteiger partial charge in [-0.2, -0.15) is 0 Å². The molecule has 1 heterocycles. The van der Waals surface area contributed by atoms with Crippen molar-refractivity contribution in [3.8, 4) is 0 Å². The molecule has 0 radical (unpaired) electrons. The van der Waals surface area contributed by atoms with E-state index >= 15 is 0 Å². The molecule has 11 heavy (non-hydrogen) atoms. The molecule has 0 aromatic rings. The summed E-state index contributed by atoms with van der Waals surface area (Å²) in [5.41, 5.74) is 0. The Hall–Kier alpha value is -0.630. The Morgan fingerprint density at radius 3 is 2.82 bits per heavy atom. The van der Waals surface area contributed by atoms with E-state index in [1.807, 2.05) is 0 Å². The molecule has 1 saturated heterocycles. The highest BCUT2D eigenvalue weighted by atomic mass is 16.1. The van der Waals surface area contributed by atoms with Crippen molar-refractivity contribution < 1.29 is 4.79 Å². The normalized spacial score (nSPS) is 33.9. The van der Waals surface area contributed by atoms with Gasteiger partial charge in [-0.1, -0.05) is 12.2 Å². The molecule has 0 aromatic heterocycles. The van der Waals surface area contributed by atoms with Gasteiger partial charge >= 0.3 is 0 Å². The van der Waals surface area contributed by atoms with Crippen LogP contribution in [0.2, 0.25) is 0 Å². The molecule has 2 rings (SSSR count). The van der Waals surface area contributed by atoms with Crippen LogP contribution in [-0.4, -0.2) is 29.8 Å². The second kappa shape index (κ2) is 2.45. The zero-order valence-electron chi connectivity index (χ0n) is 6.79. The van der Waals surface area contributed by atoms with E-state index in [2.05, 4.69) is 17.1 Å². The van der Waals surface area contributed by atoms with Gasteiger partial charge in [-0.25, -0.2) is 0 Å². The molecule has 2 nitrogen and oxygen atoms in total.